The van der Waals surface area contributed by atoms with E-state index < -0.39 is 11.7 Å². The van der Waals surface area contributed by atoms with Crippen LogP contribution in [0.25, 0.3) is 0 Å². The summed E-state index contributed by atoms with van der Waals surface area (Å²) in [5.74, 6) is 0. The molecule has 0 atom stereocenters. The van der Waals surface area contributed by atoms with Gasteiger partial charge in [0.05, 0.1) is 10.6 Å². The molecule has 0 spiro atoms. The molecule has 0 radical (unpaired) electrons. The van der Waals surface area contributed by atoms with Gasteiger partial charge in [0.1, 0.15) is 0 Å². The van der Waals surface area contributed by atoms with Crippen LogP contribution in [-0.4, -0.2) is 6.54 Å². The zero-order valence-corrected chi connectivity index (χ0v) is 8.54. The standard InChI is InChI=1S/C10H9ClF3N/c11-8-2-1-6-3-4-15-5-7(6)9(8)10(12,13)14/h1-2,15H,3-5H2. The summed E-state index contributed by atoms with van der Waals surface area (Å²) in [6.45, 7) is 0.955. The van der Waals surface area contributed by atoms with Gasteiger partial charge in [-0.2, -0.15) is 13.2 Å². The van der Waals surface area contributed by atoms with Gasteiger partial charge in [-0.3, -0.25) is 0 Å². The van der Waals surface area contributed by atoms with Crippen LogP contribution in [0.3, 0.4) is 0 Å². The van der Waals surface area contributed by atoms with Crippen LogP contribution in [0.1, 0.15) is 16.7 Å². The van der Waals surface area contributed by atoms with E-state index >= 15 is 0 Å². The molecule has 0 amide bonds. The molecule has 1 aromatic carbocycles. The molecular weight excluding hydrogens is 227 g/mol. The van der Waals surface area contributed by atoms with E-state index in [2.05, 4.69) is 5.32 Å². The van der Waals surface area contributed by atoms with Crippen molar-refractivity contribution in [3.8, 4) is 0 Å². The SMILES string of the molecule is FC(F)(F)c1c(Cl)ccc2c1CNCC2. The maximum atomic E-state index is 12.7. The van der Waals surface area contributed by atoms with Gasteiger partial charge in [-0.1, -0.05) is 17.7 Å². The summed E-state index contributed by atoms with van der Waals surface area (Å²) >= 11 is 5.60. The van der Waals surface area contributed by atoms with Crippen molar-refractivity contribution in [2.75, 3.05) is 6.54 Å². The van der Waals surface area contributed by atoms with Gasteiger partial charge in [0, 0.05) is 6.54 Å². The molecule has 0 aliphatic carbocycles. The van der Waals surface area contributed by atoms with E-state index in [1.54, 1.807) is 6.07 Å². The molecule has 15 heavy (non-hydrogen) atoms. The van der Waals surface area contributed by atoms with Crippen LogP contribution in [0.5, 0.6) is 0 Å². The van der Waals surface area contributed by atoms with Crippen LogP contribution in [0.2, 0.25) is 5.02 Å². The molecule has 5 heteroatoms. The second kappa shape index (κ2) is 3.68. The van der Waals surface area contributed by atoms with Gasteiger partial charge in [0.2, 0.25) is 0 Å². The zero-order valence-electron chi connectivity index (χ0n) is 7.79. The summed E-state index contributed by atoms with van der Waals surface area (Å²) in [7, 11) is 0. The number of rotatable bonds is 0. The second-order valence-corrected chi connectivity index (χ2v) is 3.89. The fraction of sp³-hybridized carbons (Fsp3) is 0.400. The molecule has 82 valence electrons. The number of alkyl halides is 3. The largest absolute Gasteiger partial charge is 0.418 e. The third-order valence-electron chi connectivity index (χ3n) is 2.52. The van der Waals surface area contributed by atoms with Crippen LogP contribution in [-0.2, 0) is 19.1 Å². The van der Waals surface area contributed by atoms with E-state index in [0.717, 1.165) is 5.56 Å². The third kappa shape index (κ3) is 1.96. The first-order valence-corrected chi connectivity index (χ1v) is 4.96. The third-order valence-corrected chi connectivity index (χ3v) is 2.83. The lowest BCUT2D eigenvalue weighted by molar-refractivity contribution is -0.138. The molecule has 0 saturated carbocycles. The smallest absolute Gasteiger partial charge is 0.312 e. The first kappa shape index (κ1) is 10.8. The second-order valence-electron chi connectivity index (χ2n) is 3.48. The Kier molecular flexibility index (Phi) is 2.64. The Labute approximate surface area is 90.2 Å². The Morgan fingerprint density at radius 1 is 1.27 bits per heavy atom. The summed E-state index contributed by atoms with van der Waals surface area (Å²) in [4.78, 5) is 0. The topological polar surface area (TPSA) is 12.0 Å². The Bertz CT molecular complexity index is 387. The predicted molar refractivity (Wildman–Crippen MR) is 51.9 cm³/mol. The molecule has 1 aliphatic rings. The number of nitrogens with one attached hydrogen (secondary N) is 1. The number of hydrogen-bond acceptors (Lipinski definition) is 1. The van der Waals surface area contributed by atoms with Gasteiger partial charge in [0.15, 0.2) is 0 Å². The lowest BCUT2D eigenvalue weighted by atomic mass is 9.95. The highest BCUT2D eigenvalue weighted by Crippen LogP contribution is 2.39. The highest BCUT2D eigenvalue weighted by molar-refractivity contribution is 6.31. The van der Waals surface area contributed by atoms with Gasteiger partial charge < -0.3 is 5.32 Å². The van der Waals surface area contributed by atoms with E-state index in [9.17, 15) is 13.2 Å². The Morgan fingerprint density at radius 2 is 2.00 bits per heavy atom. The molecule has 1 heterocycles. The fourth-order valence-corrected chi connectivity index (χ4v) is 2.13. The summed E-state index contributed by atoms with van der Waals surface area (Å²) in [5.41, 5.74) is 0.348. The quantitative estimate of drug-likeness (QED) is 0.729. The van der Waals surface area contributed by atoms with Gasteiger partial charge in [-0.25, -0.2) is 0 Å². The first-order valence-electron chi connectivity index (χ1n) is 4.58. The van der Waals surface area contributed by atoms with E-state index in [-0.39, 0.29) is 11.6 Å². The lowest BCUT2D eigenvalue weighted by Gasteiger charge is -2.22. The van der Waals surface area contributed by atoms with E-state index in [1.807, 2.05) is 0 Å². The molecule has 1 nitrogen and oxygen atoms in total. The van der Waals surface area contributed by atoms with Crippen molar-refractivity contribution >= 4 is 11.6 Å². The predicted octanol–water partition coefficient (Wildman–Crippen LogP) is 3.00. The van der Waals surface area contributed by atoms with Crippen molar-refractivity contribution in [3.63, 3.8) is 0 Å². The molecule has 1 aromatic rings. The van der Waals surface area contributed by atoms with Gasteiger partial charge in [-0.05, 0) is 30.2 Å². The van der Waals surface area contributed by atoms with E-state index in [0.29, 0.717) is 18.5 Å². The van der Waals surface area contributed by atoms with E-state index in [1.165, 1.54) is 6.07 Å². The fourth-order valence-electron chi connectivity index (χ4n) is 1.84. The number of hydrogen-bond donors (Lipinski definition) is 1. The molecule has 1 aliphatic heterocycles. The average Bonchev–Trinajstić information content (AvgIpc) is 2.15. The molecule has 2 rings (SSSR count). The van der Waals surface area contributed by atoms with Crippen LogP contribution in [0.15, 0.2) is 12.1 Å². The van der Waals surface area contributed by atoms with Gasteiger partial charge in [0.25, 0.3) is 0 Å². The summed E-state index contributed by atoms with van der Waals surface area (Å²) < 4.78 is 38.2. The summed E-state index contributed by atoms with van der Waals surface area (Å²) in [6, 6.07) is 3.00. The van der Waals surface area contributed by atoms with Crippen LogP contribution < -0.4 is 5.32 Å². The summed E-state index contributed by atoms with van der Waals surface area (Å²) in [6.07, 6.45) is -3.75. The van der Waals surface area contributed by atoms with Crippen LogP contribution >= 0.6 is 11.6 Å². The lowest BCUT2D eigenvalue weighted by Crippen LogP contribution is -2.26. The summed E-state index contributed by atoms with van der Waals surface area (Å²) in [5, 5.41) is 2.70. The van der Waals surface area contributed by atoms with Crippen molar-refractivity contribution < 1.29 is 13.2 Å². The van der Waals surface area contributed by atoms with Gasteiger partial charge >= 0.3 is 6.18 Å². The normalized spacial score (nSPS) is 16.3. The molecule has 1 N–H and O–H groups in total. The average molecular weight is 236 g/mol. The van der Waals surface area contributed by atoms with Crippen LogP contribution in [0, 0.1) is 0 Å². The minimum absolute atomic E-state index is 0.218. The van der Waals surface area contributed by atoms with Crippen LogP contribution in [0.4, 0.5) is 13.2 Å². The zero-order chi connectivity index (χ0) is 11.1. The number of benzene rings is 1. The number of halogens is 4. The molecule has 0 fully saturated rings. The highest BCUT2D eigenvalue weighted by atomic mass is 35.5. The maximum absolute atomic E-state index is 12.7. The Balaban J connectivity index is 2.60. The minimum atomic E-state index is -4.37. The minimum Gasteiger partial charge on any atom is -0.312 e. The Hall–Kier alpha value is -0.740. The van der Waals surface area contributed by atoms with E-state index in [4.69, 9.17) is 11.6 Å². The molecule has 0 saturated heterocycles. The molecular formula is C10H9ClF3N. The number of fused-ring (bicyclic) bond motifs is 1. The monoisotopic (exact) mass is 235 g/mol. The van der Waals surface area contributed by atoms with Crippen molar-refractivity contribution in [3.05, 3.63) is 33.8 Å². The molecule has 0 bridgehead atoms. The van der Waals surface area contributed by atoms with Crippen molar-refractivity contribution in [1.82, 2.24) is 5.32 Å². The first-order chi connectivity index (χ1) is 7.00. The van der Waals surface area contributed by atoms with Crippen molar-refractivity contribution in [2.24, 2.45) is 0 Å². The van der Waals surface area contributed by atoms with Crippen molar-refractivity contribution in [1.29, 1.82) is 0 Å². The Morgan fingerprint density at radius 3 is 2.67 bits per heavy atom. The maximum Gasteiger partial charge on any atom is 0.418 e. The molecule has 0 unspecified atom stereocenters. The molecule has 0 aromatic heterocycles. The van der Waals surface area contributed by atoms with Gasteiger partial charge in [-0.15, -0.1) is 0 Å². The highest BCUT2D eigenvalue weighted by Gasteiger charge is 2.37. The van der Waals surface area contributed by atoms with Crippen molar-refractivity contribution in [2.45, 2.75) is 19.1 Å².